The summed E-state index contributed by atoms with van der Waals surface area (Å²) < 4.78 is 12.8. The predicted molar refractivity (Wildman–Crippen MR) is 84.9 cm³/mol. The summed E-state index contributed by atoms with van der Waals surface area (Å²) in [5.41, 5.74) is 0.438. The smallest absolute Gasteiger partial charge is 0.170 e. The Balaban J connectivity index is 1.72. The summed E-state index contributed by atoms with van der Waals surface area (Å²) in [6.07, 6.45) is 4.57. The first-order chi connectivity index (χ1) is 10.1. The molecule has 0 bridgehead atoms. The van der Waals surface area contributed by atoms with E-state index < -0.39 is 0 Å². The van der Waals surface area contributed by atoms with Crippen molar-refractivity contribution >= 4 is 21.7 Å². The Hall–Kier alpha value is -0.870. The Kier molecular flexibility index (Phi) is 4.36. The van der Waals surface area contributed by atoms with Crippen LogP contribution >= 0.6 is 15.9 Å². The fraction of sp³-hybridized carbons (Fsp3) is 0.588. The minimum atomic E-state index is -0.284. The number of hydrogen-bond acceptors (Lipinski definition) is 3. The number of fused-ring (bicyclic) bond motifs is 1. The van der Waals surface area contributed by atoms with Crippen LogP contribution in [0.1, 0.15) is 49.4 Å². The van der Waals surface area contributed by atoms with Gasteiger partial charge in [0.15, 0.2) is 5.78 Å². The standard InChI is InChI=1S/C17H21BrO3/c1-2-20-11-12-5-7-17(8-6-12)10-15(19)14-4-3-13(18)9-16(14)21-17/h3-4,9,12H,2,5-8,10-11H2,1H3. The van der Waals surface area contributed by atoms with Gasteiger partial charge in [-0.25, -0.2) is 0 Å². The molecule has 1 fully saturated rings. The lowest BCUT2D eigenvalue weighted by atomic mass is 9.74. The highest BCUT2D eigenvalue weighted by atomic mass is 79.9. The molecule has 0 aromatic heterocycles. The highest BCUT2D eigenvalue weighted by Crippen LogP contribution is 2.43. The van der Waals surface area contributed by atoms with Crippen LogP contribution in [0.3, 0.4) is 0 Å². The first kappa shape index (κ1) is 15.0. The summed E-state index contributed by atoms with van der Waals surface area (Å²) in [5.74, 6) is 1.56. The molecule has 0 amide bonds. The third kappa shape index (κ3) is 3.16. The SMILES string of the molecule is CCOCC1CCC2(CC1)CC(=O)c1ccc(Br)cc1O2. The fourth-order valence-electron chi connectivity index (χ4n) is 3.40. The van der Waals surface area contributed by atoms with E-state index in [0.717, 1.165) is 54.7 Å². The quantitative estimate of drug-likeness (QED) is 0.809. The van der Waals surface area contributed by atoms with Gasteiger partial charge in [-0.2, -0.15) is 0 Å². The third-order valence-corrected chi connectivity index (χ3v) is 5.12. The van der Waals surface area contributed by atoms with Gasteiger partial charge in [-0.3, -0.25) is 4.79 Å². The van der Waals surface area contributed by atoms with Crippen LogP contribution in [0.25, 0.3) is 0 Å². The molecule has 1 aromatic rings. The van der Waals surface area contributed by atoms with Crippen molar-refractivity contribution in [1.82, 2.24) is 0 Å². The average Bonchev–Trinajstić information content (AvgIpc) is 2.46. The second-order valence-corrected chi connectivity index (χ2v) is 7.04. The molecule has 1 saturated carbocycles. The summed E-state index contributed by atoms with van der Waals surface area (Å²) in [5, 5.41) is 0. The zero-order chi connectivity index (χ0) is 14.9. The normalized spacial score (nSPS) is 28.3. The molecule has 3 nitrogen and oxygen atoms in total. The lowest BCUT2D eigenvalue weighted by Crippen LogP contribution is -2.45. The van der Waals surface area contributed by atoms with E-state index in [9.17, 15) is 4.79 Å². The molecule has 114 valence electrons. The Morgan fingerprint density at radius 2 is 2.14 bits per heavy atom. The van der Waals surface area contributed by atoms with E-state index in [1.54, 1.807) is 0 Å². The largest absolute Gasteiger partial charge is 0.486 e. The molecule has 0 atom stereocenters. The lowest BCUT2D eigenvalue weighted by Gasteiger charge is -2.42. The second-order valence-electron chi connectivity index (χ2n) is 6.13. The maximum Gasteiger partial charge on any atom is 0.170 e. The highest BCUT2D eigenvalue weighted by Gasteiger charge is 2.43. The first-order valence-corrected chi connectivity index (χ1v) is 8.51. The van der Waals surface area contributed by atoms with E-state index in [1.165, 1.54) is 0 Å². The van der Waals surface area contributed by atoms with Crippen molar-refractivity contribution in [3.8, 4) is 5.75 Å². The van der Waals surface area contributed by atoms with Crippen LogP contribution in [0.2, 0.25) is 0 Å². The van der Waals surface area contributed by atoms with Gasteiger partial charge in [-0.1, -0.05) is 15.9 Å². The molecule has 2 aliphatic rings. The Labute approximate surface area is 134 Å². The summed E-state index contributed by atoms with van der Waals surface area (Å²) in [7, 11) is 0. The molecule has 1 aromatic carbocycles. The molecule has 0 radical (unpaired) electrons. The zero-order valence-electron chi connectivity index (χ0n) is 12.4. The van der Waals surface area contributed by atoms with E-state index >= 15 is 0 Å². The number of carbonyl (C=O) groups is 1. The van der Waals surface area contributed by atoms with Crippen LogP contribution in [0.15, 0.2) is 22.7 Å². The van der Waals surface area contributed by atoms with E-state index in [0.29, 0.717) is 12.3 Å². The minimum absolute atomic E-state index is 0.215. The molecule has 1 heterocycles. The van der Waals surface area contributed by atoms with E-state index in [2.05, 4.69) is 15.9 Å². The monoisotopic (exact) mass is 352 g/mol. The van der Waals surface area contributed by atoms with Crippen LogP contribution in [0.5, 0.6) is 5.75 Å². The first-order valence-electron chi connectivity index (χ1n) is 7.71. The molecule has 4 heteroatoms. The van der Waals surface area contributed by atoms with E-state index in [4.69, 9.17) is 9.47 Å². The summed E-state index contributed by atoms with van der Waals surface area (Å²) in [6, 6.07) is 5.67. The molecule has 0 saturated heterocycles. The number of rotatable bonds is 3. The molecule has 1 aliphatic heterocycles. The number of ether oxygens (including phenoxy) is 2. The van der Waals surface area contributed by atoms with Crippen molar-refractivity contribution < 1.29 is 14.3 Å². The minimum Gasteiger partial charge on any atom is -0.486 e. The fourth-order valence-corrected chi connectivity index (χ4v) is 3.74. The second kappa shape index (κ2) is 6.09. The molecule has 21 heavy (non-hydrogen) atoms. The van der Waals surface area contributed by atoms with E-state index in [-0.39, 0.29) is 11.4 Å². The number of carbonyl (C=O) groups excluding carboxylic acids is 1. The third-order valence-electron chi connectivity index (χ3n) is 4.63. The summed E-state index contributed by atoms with van der Waals surface area (Å²) in [6.45, 7) is 3.64. The maximum absolute atomic E-state index is 12.4. The maximum atomic E-state index is 12.4. The van der Waals surface area contributed by atoms with Gasteiger partial charge < -0.3 is 9.47 Å². The molecule has 1 aliphatic carbocycles. The van der Waals surface area contributed by atoms with Gasteiger partial charge in [0, 0.05) is 17.7 Å². The molecule has 0 N–H and O–H groups in total. The van der Waals surface area contributed by atoms with Gasteiger partial charge in [-0.15, -0.1) is 0 Å². The van der Waals surface area contributed by atoms with Gasteiger partial charge in [0.25, 0.3) is 0 Å². The van der Waals surface area contributed by atoms with E-state index in [1.807, 2.05) is 25.1 Å². The van der Waals surface area contributed by atoms with Crippen molar-refractivity contribution in [1.29, 1.82) is 0 Å². The van der Waals surface area contributed by atoms with Gasteiger partial charge in [-0.05, 0) is 56.7 Å². The van der Waals surface area contributed by atoms with Gasteiger partial charge >= 0.3 is 0 Å². The highest BCUT2D eigenvalue weighted by molar-refractivity contribution is 9.10. The zero-order valence-corrected chi connectivity index (χ0v) is 13.9. The number of benzene rings is 1. The molecular formula is C17H21BrO3. The van der Waals surface area contributed by atoms with Crippen molar-refractivity contribution in [3.05, 3.63) is 28.2 Å². The number of hydrogen-bond donors (Lipinski definition) is 0. The van der Waals surface area contributed by atoms with Crippen molar-refractivity contribution in [2.24, 2.45) is 5.92 Å². The molecule has 3 rings (SSSR count). The number of ketones is 1. The predicted octanol–water partition coefficient (Wildman–Crippen LogP) is 4.38. The summed E-state index contributed by atoms with van der Waals surface area (Å²) >= 11 is 3.45. The van der Waals surface area contributed by atoms with Crippen molar-refractivity contribution in [2.75, 3.05) is 13.2 Å². The number of Topliss-reactive ketones (excluding diaryl/α,β-unsaturated/α-hetero) is 1. The Morgan fingerprint density at radius 1 is 1.38 bits per heavy atom. The van der Waals surface area contributed by atoms with Crippen LogP contribution in [-0.2, 0) is 4.74 Å². The molecular weight excluding hydrogens is 332 g/mol. The van der Waals surface area contributed by atoms with Gasteiger partial charge in [0.05, 0.1) is 12.0 Å². The van der Waals surface area contributed by atoms with Crippen LogP contribution in [0.4, 0.5) is 0 Å². The van der Waals surface area contributed by atoms with Crippen LogP contribution in [-0.4, -0.2) is 24.6 Å². The molecule has 1 spiro atoms. The Bertz CT molecular complexity index is 533. The van der Waals surface area contributed by atoms with Crippen LogP contribution < -0.4 is 4.74 Å². The van der Waals surface area contributed by atoms with Crippen molar-refractivity contribution in [3.63, 3.8) is 0 Å². The van der Waals surface area contributed by atoms with Gasteiger partial charge in [0.2, 0.25) is 0 Å². The van der Waals surface area contributed by atoms with Crippen molar-refractivity contribution in [2.45, 2.75) is 44.6 Å². The lowest BCUT2D eigenvalue weighted by molar-refractivity contribution is -0.0117. The van der Waals surface area contributed by atoms with Crippen LogP contribution in [0, 0.1) is 5.92 Å². The topological polar surface area (TPSA) is 35.5 Å². The van der Waals surface area contributed by atoms with Gasteiger partial charge in [0.1, 0.15) is 11.4 Å². The molecule has 0 unspecified atom stereocenters. The Morgan fingerprint density at radius 3 is 2.86 bits per heavy atom. The summed E-state index contributed by atoms with van der Waals surface area (Å²) in [4.78, 5) is 12.4. The number of halogens is 1. The average molecular weight is 353 g/mol.